The number of nitrogens with two attached hydrogens (primary N) is 1. The minimum atomic E-state index is 0.0989. The number of benzene rings is 1. The van der Waals surface area contributed by atoms with E-state index < -0.39 is 0 Å². The van der Waals surface area contributed by atoms with Crippen molar-refractivity contribution in [2.75, 3.05) is 42.3 Å². The van der Waals surface area contributed by atoms with Crippen molar-refractivity contribution in [2.24, 2.45) is 17.8 Å². The number of fused-ring (bicyclic) bond motifs is 1. The molecule has 8 heteroatoms. The zero-order valence-electron chi connectivity index (χ0n) is 23.2. The lowest BCUT2D eigenvalue weighted by Crippen LogP contribution is -2.41. The molecule has 0 amide bonds. The van der Waals surface area contributed by atoms with Gasteiger partial charge in [-0.3, -0.25) is 0 Å². The third kappa shape index (κ3) is 4.83. The topological polar surface area (TPSA) is 85.3 Å². The Balaban J connectivity index is 1.41. The van der Waals surface area contributed by atoms with Gasteiger partial charge in [0.15, 0.2) is 11.5 Å². The van der Waals surface area contributed by atoms with Gasteiger partial charge in [0.05, 0.1) is 19.3 Å². The Morgan fingerprint density at radius 2 is 1.82 bits per heavy atom. The van der Waals surface area contributed by atoms with E-state index in [4.69, 9.17) is 25.4 Å². The zero-order valence-corrected chi connectivity index (χ0v) is 23.2. The molecule has 0 unspecified atom stereocenters. The van der Waals surface area contributed by atoms with Crippen LogP contribution in [0.5, 0.6) is 0 Å². The van der Waals surface area contributed by atoms with E-state index in [1.807, 2.05) is 0 Å². The molecule has 2 N–H and O–H groups in total. The van der Waals surface area contributed by atoms with Gasteiger partial charge in [0.2, 0.25) is 11.9 Å². The predicted octanol–water partition coefficient (Wildman–Crippen LogP) is 5.44. The maximum Gasteiger partial charge on any atom is 0.229 e. The first-order valence-electron chi connectivity index (χ1n) is 14.7. The lowest BCUT2D eigenvalue weighted by Gasteiger charge is -2.37. The molecule has 0 radical (unpaired) electrons. The van der Waals surface area contributed by atoms with E-state index in [1.54, 1.807) is 0 Å². The molecule has 204 valence electrons. The molecule has 2 saturated carbocycles. The molecule has 3 aromatic rings. The highest BCUT2D eigenvalue weighted by Crippen LogP contribution is 2.38. The van der Waals surface area contributed by atoms with Crippen molar-refractivity contribution >= 4 is 28.9 Å². The van der Waals surface area contributed by atoms with E-state index in [9.17, 15) is 0 Å². The SMILES string of the molecule is CC1CCC(Cn2c(N3CCOC[C@H]3c3ccccc3)nc3nc(N(C)[C@H](C)C4CCC4)nc(N)c32)CC1. The van der Waals surface area contributed by atoms with Gasteiger partial charge < -0.3 is 24.8 Å². The van der Waals surface area contributed by atoms with E-state index >= 15 is 0 Å². The van der Waals surface area contributed by atoms with Gasteiger partial charge in [0.25, 0.3) is 0 Å². The van der Waals surface area contributed by atoms with Crippen LogP contribution in [-0.2, 0) is 11.3 Å². The minimum absolute atomic E-state index is 0.0989. The van der Waals surface area contributed by atoms with Crippen LogP contribution in [0.25, 0.3) is 11.2 Å². The average Bonchev–Trinajstić information content (AvgIpc) is 3.27. The van der Waals surface area contributed by atoms with Crippen molar-refractivity contribution < 1.29 is 4.74 Å². The molecule has 3 aliphatic rings. The lowest BCUT2D eigenvalue weighted by molar-refractivity contribution is 0.0927. The van der Waals surface area contributed by atoms with Crippen molar-refractivity contribution in [3.05, 3.63) is 35.9 Å². The van der Waals surface area contributed by atoms with Gasteiger partial charge in [-0.1, -0.05) is 56.5 Å². The molecule has 2 aliphatic carbocycles. The Labute approximate surface area is 226 Å². The van der Waals surface area contributed by atoms with E-state index in [-0.39, 0.29) is 6.04 Å². The first kappa shape index (κ1) is 25.4. The second kappa shape index (κ2) is 10.7. The molecular formula is C30H43N7O. The third-order valence-corrected chi connectivity index (χ3v) is 9.50. The summed E-state index contributed by atoms with van der Waals surface area (Å²) in [5.41, 5.74) is 9.58. The summed E-state index contributed by atoms with van der Waals surface area (Å²) in [6.07, 6.45) is 8.94. The molecule has 1 aliphatic heterocycles. The second-order valence-corrected chi connectivity index (χ2v) is 12.0. The normalized spacial score (nSPS) is 25.3. The van der Waals surface area contributed by atoms with E-state index in [1.165, 1.54) is 50.5 Å². The molecule has 1 aromatic carbocycles. The summed E-state index contributed by atoms with van der Waals surface area (Å²) in [7, 11) is 2.10. The first-order chi connectivity index (χ1) is 18.5. The van der Waals surface area contributed by atoms with E-state index in [0.717, 1.165) is 30.5 Å². The largest absolute Gasteiger partial charge is 0.382 e. The molecule has 2 atom stereocenters. The minimum Gasteiger partial charge on any atom is -0.382 e. The van der Waals surface area contributed by atoms with Crippen LogP contribution in [0.15, 0.2) is 30.3 Å². The number of nitrogens with zero attached hydrogens (tertiary/aromatic N) is 6. The summed E-state index contributed by atoms with van der Waals surface area (Å²) in [5.74, 6) is 4.28. The van der Waals surface area contributed by atoms with Crippen LogP contribution in [-0.4, -0.2) is 52.4 Å². The van der Waals surface area contributed by atoms with Gasteiger partial charge in [-0.05, 0) is 55.9 Å². The third-order valence-electron chi connectivity index (χ3n) is 9.50. The summed E-state index contributed by atoms with van der Waals surface area (Å²) in [5, 5.41) is 0. The van der Waals surface area contributed by atoms with Crippen LogP contribution in [0.1, 0.15) is 70.4 Å². The fourth-order valence-corrected chi connectivity index (χ4v) is 6.57. The summed E-state index contributed by atoms with van der Waals surface area (Å²) in [6.45, 7) is 7.66. The fourth-order valence-electron chi connectivity index (χ4n) is 6.57. The Morgan fingerprint density at radius 3 is 2.53 bits per heavy atom. The zero-order chi connectivity index (χ0) is 26.2. The smallest absolute Gasteiger partial charge is 0.229 e. The Bertz CT molecular complexity index is 1230. The van der Waals surface area contributed by atoms with Gasteiger partial charge in [-0.25, -0.2) is 0 Å². The van der Waals surface area contributed by atoms with Crippen molar-refractivity contribution in [1.82, 2.24) is 19.5 Å². The highest BCUT2D eigenvalue weighted by Gasteiger charge is 2.33. The number of imidazole rings is 1. The molecule has 1 saturated heterocycles. The number of ether oxygens (including phenoxy) is 1. The predicted molar refractivity (Wildman–Crippen MR) is 153 cm³/mol. The lowest BCUT2D eigenvalue weighted by atomic mass is 9.80. The maximum absolute atomic E-state index is 6.75. The standard InChI is InChI=1S/C30H43N7O/c1-20-12-14-22(15-13-20)18-37-26-27(31)32-29(35(3)21(2)23-10-7-11-23)33-28(26)34-30(37)36-16-17-38-19-25(36)24-8-5-4-6-9-24/h4-6,8-9,20-23,25H,7,10-19H2,1-3H3,(H2,31,32,33)/t20?,21-,22?,25+/m1/s1. The van der Waals surface area contributed by atoms with Crippen molar-refractivity contribution in [2.45, 2.75) is 77.4 Å². The van der Waals surface area contributed by atoms with Crippen LogP contribution in [0.4, 0.5) is 17.7 Å². The van der Waals surface area contributed by atoms with Gasteiger partial charge in [0.1, 0.15) is 5.52 Å². The van der Waals surface area contributed by atoms with Gasteiger partial charge in [0, 0.05) is 26.2 Å². The number of morpholine rings is 1. The fraction of sp³-hybridized carbons (Fsp3) is 0.633. The number of aromatic nitrogens is 4. The summed E-state index contributed by atoms with van der Waals surface area (Å²) in [4.78, 5) is 19.7. The monoisotopic (exact) mass is 517 g/mol. The van der Waals surface area contributed by atoms with Crippen molar-refractivity contribution in [3.8, 4) is 0 Å². The number of anilines is 3. The molecular weight excluding hydrogens is 474 g/mol. The molecule has 8 nitrogen and oxygen atoms in total. The number of rotatable bonds is 7. The molecule has 0 spiro atoms. The maximum atomic E-state index is 6.75. The quantitative estimate of drug-likeness (QED) is 0.447. The summed E-state index contributed by atoms with van der Waals surface area (Å²) >= 11 is 0. The first-order valence-corrected chi connectivity index (χ1v) is 14.7. The van der Waals surface area contributed by atoms with Crippen LogP contribution in [0.2, 0.25) is 0 Å². The number of hydrogen-bond donors (Lipinski definition) is 1. The molecule has 6 rings (SSSR count). The van der Waals surface area contributed by atoms with Crippen LogP contribution < -0.4 is 15.5 Å². The molecule has 3 heterocycles. The molecule has 38 heavy (non-hydrogen) atoms. The highest BCUT2D eigenvalue weighted by molar-refractivity contribution is 5.86. The van der Waals surface area contributed by atoms with E-state index in [2.05, 4.69) is 65.6 Å². The van der Waals surface area contributed by atoms with Crippen LogP contribution in [0, 0.1) is 17.8 Å². The molecule has 0 bridgehead atoms. The Kier molecular flexibility index (Phi) is 7.16. The van der Waals surface area contributed by atoms with Crippen molar-refractivity contribution in [3.63, 3.8) is 0 Å². The van der Waals surface area contributed by atoms with E-state index in [0.29, 0.717) is 48.5 Å². The van der Waals surface area contributed by atoms with Gasteiger partial charge in [-0.2, -0.15) is 15.0 Å². The van der Waals surface area contributed by atoms with Crippen LogP contribution >= 0.6 is 0 Å². The Morgan fingerprint density at radius 1 is 1.05 bits per heavy atom. The number of nitrogen functional groups attached to an aromatic ring is 1. The molecule has 3 fully saturated rings. The number of hydrogen-bond acceptors (Lipinski definition) is 7. The average molecular weight is 518 g/mol. The summed E-state index contributed by atoms with van der Waals surface area (Å²) in [6, 6.07) is 11.1. The highest BCUT2D eigenvalue weighted by atomic mass is 16.5. The molecule has 2 aromatic heterocycles. The summed E-state index contributed by atoms with van der Waals surface area (Å²) < 4.78 is 8.30. The van der Waals surface area contributed by atoms with Crippen molar-refractivity contribution in [1.29, 1.82) is 0 Å². The van der Waals surface area contributed by atoms with Crippen LogP contribution in [0.3, 0.4) is 0 Å². The second-order valence-electron chi connectivity index (χ2n) is 12.0. The Hall–Kier alpha value is -2.87. The van der Waals surface area contributed by atoms with Gasteiger partial charge >= 0.3 is 0 Å². The van der Waals surface area contributed by atoms with Gasteiger partial charge in [-0.15, -0.1) is 0 Å².